The molecule has 1 aromatic heterocycles. The standard InChI is InChI=1S/C14H15N3O2/c1-8-6-9(7-8)15-12-10-4-2-3-5-11(10)16-17-13(12)14(18)19/h2-5,8-9H,6-7H2,1H3,(H,15,16)(H,18,19). The molecule has 0 saturated heterocycles. The second-order valence-corrected chi connectivity index (χ2v) is 5.16. The molecule has 5 heteroatoms. The van der Waals surface area contributed by atoms with E-state index in [0.717, 1.165) is 18.2 Å². The summed E-state index contributed by atoms with van der Waals surface area (Å²) in [6.45, 7) is 2.19. The van der Waals surface area contributed by atoms with Crippen LogP contribution < -0.4 is 5.32 Å². The Morgan fingerprint density at radius 1 is 1.32 bits per heavy atom. The number of hydrogen-bond acceptors (Lipinski definition) is 4. The number of hydrogen-bond donors (Lipinski definition) is 2. The van der Waals surface area contributed by atoms with Gasteiger partial charge >= 0.3 is 5.97 Å². The zero-order valence-corrected chi connectivity index (χ0v) is 10.6. The number of nitrogens with one attached hydrogen (secondary N) is 1. The maximum Gasteiger partial charge on any atom is 0.358 e. The van der Waals surface area contributed by atoms with Gasteiger partial charge in [0.2, 0.25) is 0 Å². The molecule has 2 aromatic rings. The number of carboxylic acid groups (broad SMARTS) is 1. The first-order valence-electron chi connectivity index (χ1n) is 6.40. The molecular weight excluding hydrogens is 242 g/mol. The smallest absolute Gasteiger partial charge is 0.358 e. The van der Waals surface area contributed by atoms with Crippen LogP contribution in [0.1, 0.15) is 30.3 Å². The van der Waals surface area contributed by atoms with Crippen LogP contribution in [-0.4, -0.2) is 27.3 Å². The average Bonchev–Trinajstić information content (AvgIpc) is 2.36. The molecule has 1 aromatic carbocycles. The lowest BCUT2D eigenvalue weighted by atomic mass is 9.81. The number of aromatic carboxylic acids is 1. The van der Waals surface area contributed by atoms with Crippen LogP contribution in [0.4, 0.5) is 5.69 Å². The Kier molecular flexibility index (Phi) is 2.81. The van der Waals surface area contributed by atoms with Crippen molar-refractivity contribution in [2.75, 3.05) is 5.32 Å². The largest absolute Gasteiger partial charge is 0.476 e. The van der Waals surface area contributed by atoms with Crippen LogP contribution in [-0.2, 0) is 0 Å². The van der Waals surface area contributed by atoms with E-state index in [1.54, 1.807) is 0 Å². The van der Waals surface area contributed by atoms with E-state index in [4.69, 9.17) is 0 Å². The van der Waals surface area contributed by atoms with Crippen LogP contribution in [0.2, 0.25) is 0 Å². The summed E-state index contributed by atoms with van der Waals surface area (Å²) in [7, 11) is 0. The van der Waals surface area contributed by atoms with Crippen molar-refractivity contribution >= 4 is 22.6 Å². The second kappa shape index (κ2) is 4.50. The van der Waals surface area contributed by atoms with Gasteiger partial charge in [-0.2, -0.15) is 0 Å². The summed E-state index contributed by atoms with van der Waals surface area (Å²) in [4.78, 5) is 11.3. The number of benzene rings is 1. The Balaban J connectivity index is 2.06. The van der Waals surface area contributed by atoms with E-state index in [9.17, 15) is 9.90 Å². The molecule has 98 valence electrons. The molecule has 1 saturated carbocycles. The van der Waals surface area contributed by atoms with E-state index < -0.39 is 5.97 Å². The number of carbonyl (C=O) groups is 1. The van der Waals surface area contributed by atoms with Gasteiger partial charge in [-0.1, -0.05) is 25.1 Å². The molecule has 0 radical (unpaired) electrons. The molecule has 3 rings (SSSR count). The lowest BCUT2D eigenvalue weighted by molar-refractivity contribution is 0.0690. The van der Waals surface area contributed by atoms with E-state index in [0.29, 0.717) is 23.2 Å². The quantitative estimate of drug-likeness (QED) is 0.883. The number of nitrogens with zero attached hydrogens (tertiary/aromatic N) is 2. The molecule has 0 atom stereocenters. The van der Waals surface area contributed by atoms with E-state index >= 15 is 0 Å². The summed E-state index contributed by atoms with van der Waals surface area (Å²) in [5.74, 6) is -0.347. The van der Waals surface area contributed by atoms with Crippen molar-refractivity contribution in [1.29, 1.82) is 0 Å². The molecule has 0 unspecified atom stereocenters. The molecule has 1 fully saturated rings. The number of aromatic nitrogens is 2. The van der Waals surface area contributed by atoms with Gasteiger partial charge in [0, 0.05) is 11.4 Å². The maximum absolute atomic E-state index is 11.3. The van der Waals surface area contributed by atoms with Crippen LogP contribution in [0.15, 0.2) is 24.3 Å². The van der Waals surface area contributed by atoms with Crippen LogP contribution in [0.25, 0.3) is 10.9 Å². The molecule has 1 aliphatic rings. The summed E-state index contributed by atoms with van der Waals surface area (Å²) < 4.78 is 0. The monoisotopic (exact) mass is 257 g/mol. The van der Waals surface area contributed by atoms with Crippen molar-refractivity contribution < 1.29 is 9.90 Å². The predicted molar refractivity (Wildman–Crippen MR) is 72.3 cm³/mol. The molecular formula is C14H15N3O2. The van der Waals surface area contributed by atoms with Crippen LogP contribution >= 0.6 is 0 Å². The second-order valence-electron chi connectivity index (χ2n) is 5.16. The fraction of sp³-hybridized carbons (Fsp3) is 0.357. The lowest BCUT2D eigenvalue weighted by Gasteiger charge is -2.34. The first-order valence-corrected chi connectivity index (χ1v) is 6.40. The SMILES string of the molecule is CC1CC(Nc2c(C(=O)O)nnc3ccccc23)C1. The van der Waals surface area contributed by atoms with Crippen LogP contribution in [0, 0.1) is 5.92 Å². The van der Waals surface area contributed by atoms with Gasteiger partial charge in [0.15, 0.2) is 5.69 Å². The summed E-state index contributed by atoms with van der Waals surface area (Å²) in [5, 5.41) is 21.2. The first kappa shape index (κ1) is 11.9. The van der Waals surface area contributed by atoms with Gasteiger partial charge in [0.25, 0.3) is 0 Å². The van der Waals surface area contributed by atoms with E-state index in [1.807, 2.05) is 24.3 Å². The Bertz CT molecular complexity index is 636. The number of carboxylic acids is 1. The summed E-state index contributed by atoms with van der Waals surface area (Å²) in [6.07, 6.45) is 2.13. The highest BCUT2D eigenvalue weighted by atomic mass is 16.4. The molecule has 5 nitrogen and oxygen atoms in total. The fourth-order valence-electron chi connectivity index (χ4n) is 2.57. The number of rotatable bonds is 3. The maximum atomic E-state index is 11.3. The van der Waals surface area contributed by atoms with Gasteiger partial charge in [0.05, 0.1) is 11.2 Å². The van der Waals surface area contributed by atoms with Crippen molar-refractivity contribution in [1.82, 2.24) is 10.2 Å². The van der Waals surface area contributed by atoms with Gasteiger partial charge in [-0.3, -0.25) is 0 Å². The molecule has 0 bridgehead atoms. The third-order valence-corrected chi connectivity index (χ3v) is 3.59. The average molecular weight is 257 g/mol. The van der Waals surface area contributed by atoms with Crippen molar-refractivity contribution in [2.45, 2.75) is 25.8 Å². The predicted octanol–water partition coefficient (Wildman–Crippen LogP) is 2.54. The Morgan fingerprint density at radius 2 is 2.05 bits per heavy atom. The third-order valence-electron chi connectivity index (χ3n) is 3.59. The van der Waals surface area contributed by atoms with E-state index in [1.165, 1.54) is 0 Å². The molecule has 19 heavy (non-hydrogen) atoms. The van der Waals surface area contributed by atoms with E-state index in [-0.39, 0.29) is 5.69 Å². The molecule has 0 aliphatic heterocycles. The first-order chi connectivity index (χ1) is 9.15. The molecule has 1 heterocycles. The van der Waals surface area contributed by atoms with Gasteiger partial charge in [-0.25, -0.2) is 4.79 Å². The zero-order chi connectivity index (χ0) is 13.4. The highest BCUT2D eigenvalue weighted by Gasteiger charge is 2.27. The van der Waals surface area contributed by atoms with Crippen LogP contribution in [0.5, 0.6) is 0 Å². The highest BCUT2D eigenvalue weighted by molar-refractivity contribution is 6.02. The topological polar surface area (TPSA) is 75.1 Å². The molecule has 2 N–H and O–H groups in total. The van der Waals surface area contributed by atoms with Gasteiger partial charge in [0.1, 0.15) is 0 Å². The van der Waals surface area contributed by atoms with Gasteiger partial charge < -0.3 is 10.4 Å². The van der Waals surface area contributed by atoms with Crippen molar-refractivity contribution in [3.8, 4) is 0 Å². The number of anilines is 1. The zero-order valence-electron chi connectivity index (χ0n) is 10.6. The Hall–Kier alpha value is -2.17. The van der Waals surface area contributed by atoms with Crippen molar-refractivity contribution in [3.63, 3.8) is 0 Å². The van der Waals surface area contributed by atoms with Crippen LogP contribution in [0.3, 0.4) is 0 Å². The minimum atomic E-state index is -1.05. The number of fused-ring (bicyclic) bond motifs is 1. The third kappa shape index (κ3) is 2.12. The Morgan fingerprint density at radius 3 is 2.74 bits per heavy atom. The Labute approximate surface area is 110 Å². The normalized spacial score (nSPS) is 21.9. The molecule has 0 spiro atoms. The van der Waals surface area contributed by atoms with Gasteiger partial charge in [-0.15, -0.1) is 10.2 Å². The fourth-order valence-corrected chi connectivity index (χ4v) is 2.57. The summed E-state index contributed by atoms with van der Waals surface area (Å²) in [5.41, 5.74) is 1.30. The summed E-state index contributed by atoms with van der Waals surface area (Å²) in [6, 6.07) is 7.79. The van der Waals surface area contributed by atoms with Crippen molar-refractivity contribution in [2.24, 2.45) is 5.92 Å². The minimum absolute atomic E-state index is 0.00162. The highest BCUT2D eigenvalue weighted by Crippen LogP contribution is 2.32. The minimum Gasteiger partial charge on any atom is -0.476 e. The molecule has 1 aliphatic carbocycles. The van der Waals surface area contributed by atoms with Crippen molar-refractivity contribution in [3.05, 3.63) is 30.0 Å². The lowest BCUT2D eigenvalue weighted by Crippen LogP contribution is -2.34. The molecule has 0 amide bonds. The van der Waals surface area contributed by atoms with E-state index in [2.05, 4.69) is 22.4 Å². The van der Waals surface area contributed by atoms with Gasteiger partial charge in [-0.05, 0) is 24.8 Å². The summed E-state index contributed by atoms with van der Waals surface area (Å²) >= 11 is 0.